The third-order valence-electron chi connectivity index (χ3n) is 3.37. The van der Waals surface area contributed by atoms with E-state index in [0.29, 0.717) is 0 Å². The predicted molar refractivity (Wildman–Crippen MR) is 61.8 cm³/mol. The van der Waals surface area contributed by atoms with E-state index in [-0.39, 0.29) is 0 Å². The molecule has 84 valence electrons. The van der Waals surface area contributed by atoms with Gasteiger partial charge < -0.3 is 9.73 Å². The van der Waals surface area contributed by atoms with E-state index in [2.05, 4.69) is 11.4 Å². The average molecular weight is 207 g/mol. The normalized spacial score (nSPS) is 17.5. The molecule has 0 unspecified atom stereocenters. The number of rotatable bonds is 4. The van der Waals surface area contributed by atoms with E-state index in [1.807, 2.05) is 13.8 Å². The molecule has 2 heteroatoms. The van der Waals surface area contributed by atoms with Crippen molar-refractivity contribution < 1.29 is 4.42 Å². The second-order valence-corrected chi connectivity index (χ2v) is 4.72. The van der Waals surface area contributed by atoms with Crippen molar-refractivity contribution in [1.82, 2.24) is 5.32 Å². The van der Waals surface area contributed by atoms with Crippen molar-refractivity contribution >= 4 is 0 Å². The Morgan fingerprint density at radius 2 is 2.07 bits per heavy atom. The summed E-state index contributed by atoms with van der Waals surface area (Å²) in [6.45, 7) is 6.18. The van der Waals surface area contributed by atoms with Gasteiger partial charge in [-0.2, -0.15) is 0 Å². The Morgan fingerprint density at radius 1 is 1.33 bits per heavy atom. The molecule has 1 fully saturated rings. The van der Waals surface area contributed by atoms with E-state index in [9.17, 15) is 0 Å². The quantitative estimate of drug-likeness (QED) is 0.820. The number of aryl methyl sites for hydroxylation is 2. The van der Waals surface area contributed by atoms with Crippen LogP contribution in [-0.2, 0) is 6.54 Å². The van der Waals surface area contributed by atoms with Crippen molar-refractivity contribution in [3.8, 4) is 0 Å². The van der Waals surface area contributed by atoms with Crippen molar-refractivity contribution in [2.45, 2.75) is 46.1 Å². The Labute approximate surface area is 92.1 Å². The zero-order chi connectivity index (χ0) is 10.7. The van der Waals surface area contributed by atoms with Gasteiger partial charge in [0.25, 0.3) is 0 Å². The van der Waals surface area contributed by atoms with Gasteiger partial charge in [0.15, 0.2) is 0 Å². The Morgan fingerprint density at radius 3 is 2.67 bits per heavy atom. The summed E-state index contributed by atoms with van der Waals surface area (Å²) in [5, 5.41) is 3.54. The molecule has 0 aliphatic heterocycles. The molecule has 0 bridgehead atoms. The van der Waals surface area contributed by atoms with Crippen molar-refractivity contribution in [3.05, 3.63) is 23.2 Å². The fourth-order valence-electron chi connectivity index (χ4n) is 2.48. The van der Waals surface area contributed by atoms with Gasteiger partial charge in [-0.05, 0) is 45.2 Å². The highest BCUT2D eigenvalue weighted by molar-refractivity contribution is 5.19. The molecule has 1 saturated carbocycles. The number of hydrogen-bond acceptors (Lipinski definition) is 2. The second-order valence-electron chi connectivity index (χ2n) is 4.72. The number of hydrogen-bond donors (Lipinski definition) is 1. The van der Waals surface area contributed by atoms with Gasteiger partial charge >= 0.3 is 0 Å². The lowest BCUT2D eigenvalue weighted by atomic mass is 10.1. The van der Waals surface area contributed by atoms with Crippen LogP contribution in [0.4, 0.5) is 0 Å². The summed E-state index contributed by atoms with van der Waals surface area (Å²) in [7, 11) is 0. The first-order valence-corrected chi connectivity index (χ1v) is 6.02. The van der Waals surface area contributed by atoms with Crippen LogP contribution in [-0.4, -0.2) is 6.54 Å². The lowest BCUT2D eigenvalue weighted by Crippen LogP contribution is -2.20. The van der Waals surface area contributed by atoms with Crippen molar-refractivity contribution in [1.29, 1.82) is 0 Å². The minimum atomic E-state index is 0.915. The maximum absolute atomic E-state index is 5.50. The van der Waals surface area contributed by atoms with Crippen molar-refractivity contribution in [2.75, 3.05) is 6.54 Å². The fourth-order valence-corrected chi connectivity index (χ4v) is 2.48. The first kappa shape index (κ1) is 10.7. The molecular formula is C13H21NO. The fraction of sp³-hybridized carbons (Fsp3) is 0.692. The van der Waals surface area contributed by atoms with E-state index < -0.39 is 0 Å². The van der Waals surface area contributed by atoms with Crippen LogP contribution < -0.4 is 5.32 Å². The highest BCUT2D eigenvalue weighted by Crippen LogP contribution is 2.23. The molecule has 0 aromatic carbocycles. The Hall–Kier alpha value is -0.760. The minimum Gasteiger partial charge on any atom is -0.466 e. The molecule has 0 amide bonds. The number of nitrogens with one attached hydrogen (secondary N) is 1. The van der Waals surface area contributed by atoms with Crippen LogP contribution in [0.3, 0.4) is 0 Å². The van der Waals surface area contributed by atoms with E-state index in [1.54, 1.807) is 0 Å². The Bertz CT molecular complexity index is 310. The molecule has 2 rings (SSSR count). The summed E-state index contributed by atoms with van der Waals surface area (Å²) in [5.41, 5.74) is 1.31. The van der Waals surface area contributed by atoms with Gasteiger partial charge in [0.2, 0.25) is 0 Å². The second kappa shape index (κ2) is 4.84. The molecule has 0 spiro atoms. The minimum absolute atomic E-state index is 0.915. The van der Waals surface area contributed by atoms with Crippen LogP contribution in [0, 0.1) is 19.8 Å². The third-order valence-corrected chi connectivity index (χ3v) is 3.37. The predicted octanol–water partition coefficient (Wildman–Crippen LogP) is 3.18. The molecule has 2 nitrogen and oxygen atoms in total. The summed E-state index contributed by atoms with van der Waals surface area (Å²) in [4.78, 5) is 0. The van der Waals surface area contributed by atoms with Crippen molar-refractivity contribution in [3.63, 3.8) is 0 Å². The van der Waals surface area contributed by atoms with E-state index in [4.69, 9.17) is 4.42 Å². The monoisotopic (exact) mass is 207 g/mol. The van der Waals surface area contributed by atoms with Crippen LogP contribution in [0.2, 0.25) is 0 Å². The average Bonchev–Trinajstić information content (AvgIpc) is 2.77. The first-order chi connectivity index (χ1) is 7.25. The maximum Gasteiger partial charge on any atom is 0.105 e. The molecule has 1 aliphatic carbocycles. The summed E-state index contributed by atoms with van der Waals surface area (Å²) in [6, 6.07) is 2.14. The topological polar surface area (TPSA) is 25.2 Å². The molecule has 15 heavy (non-hydrogen) atoms. The molecule has 1 aromatic heterocycles. The van der Waals surface area contributed by atoms with Gasteiger partial charge in [-0.3, -0.25) is 0 Å². The first-order valence-electron chi connectivity index (χ1n) is 6.02. The number of furan rings is 1. The third kappa shape index (κ3) is 2.85. The largest absolute Gasteiger partial charge is 0.466 e. The van der Waals surface area contributed by atoms with E-state index in [0.717, 1.165) is 24.0 Å². The summed E-state index contributed by atoms with van der Waals surface area (Å²) >= 11 is 0. The van der Waals surface area contributed by atoms with Crippen LogP contribution in [0.1, 0.15) is 42.8 Å². The van der Waals surface area contributed by atoms with Gasteiger partial charge in [-0.15, -0.1) is 0 Å². The molecule has 1 heterocycles. The molecule has 0 atom stereocenters. The van der Waals surface area contributed by atoms with Gasteiger partial charge in [-0.1, -0.05) is 12.8 Å². The zero-order valence-electron chi connectivity index (χ0n) is 9.81. The van der Waals surface area contributed by atoms with Gasteiger partial charge in [-0.25, -0.2) is 0 Å². The lowest BCUT2D eigenvalue weighted by Gasteiger charge is -2.09. The Kier molecular flexibility index (Phi) is 3.47. The lowest BCUT2D eigenvalue weighted by molar-refractivity contribution is 0.478. The molecule has 1 aromatic rings. The molecule has 0 radical (unpaired) electrons. The van der Waals surface area contributed by atoms with E-state index >= 15 is 0 Å². The van der Waals surface area contributed by atoms with E-state index in [1.165, 1.54) is 37.8 Å². The summed E-state index contributed by atoms with van der Waals surface area (Å²) in [5.74, 6) is 3.00. The van der Waals surface area contributed by atoms with Gasteiger partial charge in [0.05, 0.1) is 0 Å². The smallest absolute Gasteiger partial charge is 0.105 e. The highest BCUT2D eigenvalue weighted by Gasteiger charge is 2.14. The highest BCUT2D eigenvalue weighted by atomic mass is 16.3. The van der Waals surface area contributed by atoms with Crippen LogP contribution in [0.15, 0.2) is 10.5 Å². The molecule has 1 N–H and O–H groups in total. The van der Waals surface area contributed by atoms with Crippen LogP contribution in [0.25, 0.3) is 0 Å². The zero-order valence-corrected chi connectivity index (χ0v) is 9.81. The molecular weight excluding hydrogens is 186 g/mol. The van der Waals surface area contributed by atoms with Crippen LogP contribution in [0.5, 0.6) is 0 Å². The van der Waals surface area contributed by atoms with Crippen molar-refractivity contribution in [2.24, 2.45) is 5.92 Å². The van der Waals surface area contributed by atoms with Gasteiger partial charge in [0.1, 0.15) is 11.5 Å². The SMILES string of the molecule is Cc1cc(CNCC2CCCC2)c(C)o1. The Balaban J connectivity index is 1.75. The van der Waals surface area contributed by atoms with Gasteiger partial charge in [0, 0.05) is 12.1 Å². The maximum atomic E-state index is 5.50. The summed E-state index contributed by atoms with van der Waals surface area (Å²) < 4.78 is 5.50. The van der Waals surface area contributed by atoms with Crippen LogP contribution >= 0.6 is 0 Å². The molecule has 1 aliphatic rings. The standard InChI is InChI=1S/C13H21NO/c1-10-7-13(11(2)15-10)9-14-8-12-5-3-4-6-12/h7,12,14H,3-6,8-9H2,1-2H3. The molecule has 0 saturated heterocycles. The summed E-state index contributed by atoms with van der Waals surface area (Å²) in [6.07, 6.45) is 5.68.